The maximum absolute atomic E-state index is 11.7. The van der Waals surface area contributed by atoms with E-state index in [-0.39, 0.29) is 0 Å². The number of carbonyl (C=O) groups is 1. The Hall–Kier alpha value is -1.81. The topological polar surface area (TPSA) is 45.5 Å². The van der Waals surface area contributed by atoms with Crippen LogP contribution in [-0.2, 0) is 13.0 Å². The molecule has 1 aromatic carbocycles. The van der Waals surface area contributed by atoms with Crippen LogP contribution in [-0.4, -0.2) is 40.2 Å². The van der Waals surface area contributed by atoms with E-state index in [0.717, 1.165) is 36.0 Å². The number of aromatic nitrogens is 1. The Labute approximate surface area is 131 Å². The lowest BCUT2D eigenvalue weighted by Crippen LogP contribution is -2.21. The predicted molar refractivity (Wildman–Crippen MR) is 88.7 cm³/mol. The smallest absolute Gasteiger partial charge is 0.338 e. The summed E-state index contributed by atoms with van der Waals surface area (Å²) in [6.45, 7) is 8.21. The van der Waals surface area contributed by atoms with Gasteiger partial charge in [0.2, 0.25) is 0 Å². The Morgan fingerprint density at radius 1 is 1.27 bits per heavy atom. The molecule has 3 rings (SSSR count). The predicted octanol–water partition coefficient (Wildman–Crippen LogP) is 3.31. The maximum Gasteiger partial charge on any atom is 0.338 e. The highest BCUT2D eigenvalue weighted by Gasteiger charge is 2.19. The third-order valence-corrected chi connectivity index (χ3v) is 4.78. The molecule has 2 aromatic rings. The van der Waals surface area contributed by atoms with Crippen molar-refractivity contribution in [2.45, 2.75) is 39.7 Å². The van der Waals surface area contributed by atoms with Crippen LogP contribution in [0.4, 0.5) is 0 Å². The van der Waals surface area contributed by atoms with Gasteiger partial charge in [0.25, 0.3) is 0 Å². The van der Waals surface area contributed by atoms with Gasteiger partial charge in [0.05, 0.1) is 11.1 Å². The van der Waals surface area contributed by atoms with Crippen molar-refractivity contribution in [3.63, 3.8) is 0 Å². The largest absolute Gasteiger partial charge is 0.478 e. The molecule has 4 nitrogen and oxygen atoms in total. The summed E-state index contributed by atoms with van der Waals surface area (Å²) in [4.78, 5) is 14.2. The van der Waals surface area contributed by atoms with E-state index in [1.807, 2.05) is 13.0 Å². The summed E-state index contributed by atoms with van der Waals surface area (Å²) >= 11 is 0. The standard InChI is InChI=1S/C18H24N2O2/c1-3-20-12-14(8-11-19-9-4-5-10-19)15-7-6-13(2)16(17(15)20)18(21)22/h6-7,12H,3-5,8-11H2,1-2H3,(H,21,22). The molecule has 1 aliphatic heterocycles. The normalized spacial score (nSPS) is 15.7. The first-order valence-corrected chi connectivity index (χ1v) is 8.18. The number of likely N-dealkylation sites (tertiary alicyclic amines) is 1. The van der Waals surface area contributed by atoms with Crippen molar-refractivity contribution >= 4 is 16.9 Å². The Morgan fingerprint density at radius 3 is 2.64 bits per heavy atom. The molecule has 4 heteroatoms. The number of rotatable bonds is 5. The quantitative estimate of drug-likeness (QED) is 0.921. The minimum atomic E-state index is -0.831. The van der Waals surface area contributed by atoms with Crippen molar-refractivity contribution in [1.29, 1.82) is 0 Å². The summed E-state index contributed by atoms with van der Waals surface area (Å²) in [5.74, 6) is -0.831. The Balaban J connectivity index is 2.00. The number of aryl methyl sites for hydroxylation is 2. The zero-order valence-corrected chi connectivity index (χ0v) is 13.4. The van der Waals surface area contributed by atoms with E-state index in [4.69, 9.17) is 0 Å². The molecule has 0 atom stereocenters. The highest BCUT2D eigenvalue weighted by atomic mass is 16.4. The van der Waals surface area contributed by atoms with E-state index in [1.165, 1.54) is 31.5 Å². The molecule has 2 heterocycles. The third-order valence-electron chi connectivity index (χ3n) is 4.78. The molecule has 0 aliphatic carbocycles. The monoisotopic (exact) mass is 300 g/mol. The Morgan fingerprint density at radius 2 is 2.00 bits per heavy atom. The van der Waals surface area contributed by atoms with Crippen molar-refractivity contribution < 1.29 is 9.90 Å². The molecule has 0 spiro atoms. The van der Waals surface area contributed by atoms with Gasteiger partial charge >= 0.3 is 5.97 Å². The van der Waals surface area contributed by atoms with Crippen LogP contribution < -0.4 is 0 Å². The van der Waals surface area contributed by atoms with Gasteiger partial charge in [0.1, 0.15) is 0 Å². The summed E-state index contributed by atoms with van der Waals surface area (Å²) in [6, 6.07) is 4.02. The van der Waals surface area contributed by atoms with Crippen LogP contribution >= 0.6 is 0 Å². The van der Waals surface area contributed by atoms with E-state index >= 15 is 0 Å². The van der Waals surface area contributed by atoms with Crippen LogP contribution in [0.15, 0.2) is 18.3 Å². The van der Waals surface area contributed by atoms with E-state index in [2.05, 4.69) is 28.7 Å². The van der Waals surface area contributed by atoms with Crippen molar-refractivity contribution in [3.8, 4) is 0 Å². The summed E-state index contributed by atoms with van der Waals surface area (Å²) in [6.07, 6.45) is 5.75. The van der Waals surface area contributed by atoms with Crippen molar-refractivity contribution in [2.75, 3.05) is 19.6 Å². The van der Waals surface area contributed by atoms with Gasteiger partial charge in [-0.05, 0) is 57.3 Å². The van der Waals surface area contributed by atoms with Crippen LogP contribution in [0.25, 0.3) is 10.9 Å². The lowest BCUT2D eigenvalue weighted by Gasteiger charge is -2.13. The molecule has 0 amide bonds. The van der Waals surface area contributed by atoms with Gasteiger partial charge in [-0.3, -0.25) is 0 Å². The van der Waals surface area contributed by atoms with E-state index in [1.54, 1.807) is 0 Å². The van der Waals surface area contributed by atoms with Crippen LogP contribution in [0, 0.1) is 6.92 Å². The molecule has 22 heavy (non-hydrogen) atoms. The van der Waals surface area contributed by atoms with Gasteiger partial charge < -0.3 is 14.6 Å². The molecule has 0 bridgehead atoms. The second kappa shape index (κ2) is 6.13. The molecule has 1 aromatic heterocycles. The average Bonchev–Trinajstić information content (AvgIpc) is 3.11. The van der Waals surface area contributed by atoms with Crippen LogP contribution in [0.1, 0.15) is 41.3 Å². The molecule has 0 unspecified atom stereocenters. The van der Waals surface area contributed by atoms with E-state index in [9.17, 15) is 9.90 Å². The second-order valence-electron chi connectivity index (χ2n) is 6.20. The second-order valence-corrected chi connectivity index (χ2v) is 6.20. The number of carboxylic acids is 1. The lowest BCUT2D eigenvalue weighted by atomic mass is 10.0. The number of nitrogens with zero attached hydrogens (tertiary/aromatic N) is 2. The molecule has 118 valence electrons. The van der Waals surface area contributed by atoms with Gasteiger partial charge in [-0.2, -0.15) is 0 Å². The zero-order valence-electron chi connectivity index (χ0n) is 13.4. The van der Waals surface area contributed by atoms with Gasteiger partial charge in [-0.15, -0.1) is 0 Å². The fourth-order valence-corrected chi connectivity index (χ4v) is 3.58. The number of aromatic carboxylic acids is 1. The van der Waals surface area contributed by atoms with Crippen LogP contribution in [0.3, 0.4) is 0 Å². The maximum atomic E-state index is 11.7. The van der Waals surface area contributed by atoms with E-state index in [0.29, 0.717) is 5.56 Å². The third kappa shape index (κ3) is 2.63. The number of hydrogen-bond donors (Lipinski definition) is 1. The van der Waals surface area contributed by atoms with E-state index < -0.39 is 5.97 Å². The Kier molecular flexibility index (Phi) is 4.21. The first-order chi connectivity index (χ1) is 10.6. The first-order valence-electron chi connectivity index (χ1n) is 8.18. The highest BCUT2D eigenvalue weighted by molar-refractivity contribution is 6.04. The number of hydrogen-bond acceptors (Lipinski definition) is 2. The average molecular weight is 300 g/mol. The molecular weight excluding hydrogens is 276 g/mol. The zero-order chi connectivity index (χ0) is 15.7. The summed E-state index contributed by atoms with van der Waals surface area (Å²) in [7, 11) is 0. The number of fused-ring (bicyclic) bond motifs is 1. The highest BCUT2D eigenvalue weighted by Crippen LogP contribution is 2.28. The summed E-state index contributed by atoms with van der Waals surface area (Å²) < 4.78 is 2.09. The van der Waals surface area contributed by atoms with Crippen molar-refractivity contribution in [3.05, 3.63) is 35.0 Å². The number of benzene rings is 1. The fraction of sp³-hybridized carbons (Fsp3) is 0.500. The van der Waals surface area contributed by atoms with Gasteiger partial charge in [-0.1, -0.05) is 12.1 Å². The van der Waals surface area contributed by atoms with Crippen molar-refractivity contribution in [2.24, 2.45) is 0 Å². The molecule has 1 aliphatic rings. The van der Waals surface area contributed by atoms with Gasteiger partial charge in [-0.25, -0.2) is 4.79 Å². The molecule has 0 radical (unpaired) electrons. The molecule has 1 saturated heterocycles. The molecule has 1 N–H and O–H groups in total. The molecule has 0 saturated carbocycles. The fourth-order valence-electron chi connectivity index (χ4n) is 3.58. The lowest BCUT2D eigenvalue weighted by molar-refractivity contribution is 0.0698. The minimum absolute atomic E-state index is 0.451. The molecular formula is C18H24N2O2. The van der Waals surface area contributed by atoms with Crippen molar-refractivity contribution in [1.82, 2.24) is 9.47 Å². The van der Waals surface area contributed by atoms with Crippen LogP contribution in [0.5, 0.6) is 0 Å². The minimum Gasteiger partial charge on any atom is -0.478 e. The van der Waals surface area contributed by atoms with Gasteiger partial charge in [0.15, 0.2) is 0 Å². The Bertz CT molecular complexity index is 697. The van der Waals surface area contributed by atoms with Crippen LogP contribution in [0.2, 0.25) is 0 Å². The summed E-state index contributed by atoms with van der Waals surface area (Å²) in [5, 5.41) is 10.7. The van der Waals surface area contributed by atoms with Gasteiger partial charge in [0, 0.05) is 24.7 Å². The number of carboxylic acid groups (broad SMARTS) is 1. The first kappa shape index (κ1) is 15.1. The summed E-state index contributed by atoms with van der Waals surface area (Å²) in [5.41, 5.74) is 3.43. The molecule has 1 fully saturated rings. The SMILES string of the molecule is CCn1cc(CCN2CCCC2)c2ccc(C)c(C(=O)O)c21.